The Morgan fingerprint density at radius 3 is 2.78 bits per heavy atom. The lowest BCUT2D eigenvalue weighted by Gasteiger charge is -2.24. The van der Waals surface area contributed by atoms with Crippen LogP contribution in [0, 0.1) is 0 Å². The van der Waals surface area contributed by atoms with Crippen molar-refractivity contribution in [3.05, 3.63) is 36.0 Å². The summed E-state index contributed by atoms with van der Waals surface area (Å²) < 4.78 is 8.01. The van der Waals surface area contributed by atoms with Crippen molar-refractivity contribution in [3.8, 4) is 0 Å². The molecule has 0 spiro atoms. The third-order valence-electron chi connectivity index (χ3n) is 3.93. The molecule has 1 saturated heterocycles. The highest BCUT2D eigenvalue weighted by Gasteiger charge is 2.20. The van der Waals surface area contributed by atoms with Gasteiger partial charge in [0.25, 0.3) is 0 Å². The lowest BCUT2D eigenvalue weighted by Crippen LogP contribution is -2.17. The number of ether oxygens (including phenoxy) is 1. The molecule has 0 N–H and O–H groups in total. The van der Waals surface area contributed by atoms with Crippen molar-refractivity contribution >= 4 is 10.9 Å². The minimum atomic E-state index is 0.678. The van der Waals surface area contributed by atoms with Crippen LogP contribution in [-0.4, -0.2) is 17.8 Å². The van der Waals surface area contributed by atoms with Gasteiger partial charge in [0.05, 0.1) is 0 Å². The molecule has 2 nitrogen and oxygen atoms in total. The Labute approximate surface area is 109 Å². The van der Waals surface area contributed by atoms with Crippen molar-refractivity contribution in [1.82, 2.24) is 4.57 Å². The average molecular weight is 243 g/mol. The van der Waals surface area contributed by atoms with Crippen LogP contribution in [0.2, 0.25) is 0 Å². The normalized spacial score (nSPS) is 17.4. The number of aryl methyl sites for hydroxylation is 1. The molecule has 18 heavy (non-hydrogen) atoms. The van der Waals surface area contributed by atoms with E-state index in [1.165, 1.54) is 35.9 Å². The number of hydrogen-bond donors (Lipinski definition) is 0. The zero-order valence-electron chi connectivity index (χ0n) is 11.1. The Morgan fingerprint density at radius 1 is 1.22 bits per heavy atom. The number of para-hydroxylation sites is 1. The van der Waals surface area contributed by atoms with E-state index in [4.69, 9.17) is 4.74 Å². The molecular formula is C16H21NO. The minimum Gasteiger partial charge on any atom is -0.381 e. The quantitative estimate of drug-likeness (QED) is 0.796. The van der Waals surface area contributed by atoms with Gasteiger partial charge in [0.1, 0.15) is 0 Å². The van der Waals surface area contributed by atoms with Crippen molar-refractivity contribution in [3.63, 3.8) is 0 Å². The second-order valence-electron chi connectivity index (χ2n) is 5.17. The summed E-state index contributed by atoms with van der Waals surface area (Å²) in [5.41, 5.74) is 2.90. The Bertz CT molecular complexity index is 523. The molecule has 2 heteroatoms. The third-order valence-corrected chi connectivity index (χ3v) is 3.93. The van der Waals surface area contributed by atoms with Crippen molar-refractivity contribution < 1.29 is 4.74 Å². The van der Waals surface area contributed by atoms with E-state index in [1.807, 2.05) is 0 Å². The van der Waals surface area contributed by atoms with Gasteiger partial charge in [-0.2, -0.15) is 0 Å². The van der Waals surface area contributed by atoms with Crippen LogP contribution in [0.5, 0.6) is 0 Å². The highest BCUT2D eigenvalue weighted by atomic mass is 16.5. The summed E-state index contributed by atoms with van der Waals surface area (Å²) >= 11 is 0. The van der Waals surface area contributed by atoms with Gasteiger partial charge in [-0.3, -0.25) is 0 Å². The SMILES string of the molecule is CCCn1c(C2CCOCC2)cc2ccccc21. The van der Waals surface area contributed by atoms with Gasteiger partial charge < -0.3 is 9.30 Å². The molecule has 1 aromatic heterocycles. The van der Waals surface area contributed by atoms with Crippen LogP contribution in [-0.2, 0) is 11.3 Å². The molecule has 0 unspecified atom stereocenters. The Kier molecular flexibility index (Phi) is 3.37. The lowest BCUT2D eigenvalue weighted by molar-refractivity contribution is 0.0838. The van der Waals surface area contributed by atoms with Gasteiger partial charge >= 0.3 is 0 Å². The van der Waals surface area contributed by atoms with Gasteiger partial charge in [-0.1, -0.05) is 25.1 Å². The monoisotopic (exact) mass is 243 g/mol. The average Bonchev–Trinajstić information content (AvgIpc) is 2.80. The molecular weight excluding hydrogens is 222 g/mol. The van der Waals surface area contributed by atoms with Crippen LogP contribution in [0.1, 0.15) is 37.8 Å². The van der Waals surface area contributed by atoms with Crippen LogP contribution in [0.15, 0.2) is 30.3 Å². The first-order chi connectivity index (χ1) is 8.90. The fourth-order valence-corrected chi connectivity index (χ4v) is 3.04. The molecule has 0 bridgehead atoms. The van der Waals surface area contributed by atoms with Gasteiger partial charge in [0.2, 0.25) is 0 Å². The number of fused-ring (bicyclic) bond motifs is 1. The van der Waals surface area contributed by atoms with Gasteiger partial charge in [-0.25, -0.2) is 0 Å². The number of aromatic nitrogens is 1. The van der Waals surface area contributed by atoms with E-state index >= 15 is 0 Å². The smallest absolute Gasteiger partial charge is 0.0482 e. The first-order valence-electron chi connectivity index (χ1n) is 7.06. The first-order valence-corrected chi connectivity index (χ1v) is 7.06. The van der Waals surface area contributed by atoms with E-state index in [9.17, 15) is 0 Å². The molecule has 1 aliphatic rings. The van der Waals surface area contributed by atoms with Crippen molar-refractivity contribution in [2.45, 2.75) is 38.6 Å². The topological polar surface area (TPSA) is 14.2 Å². The van der Waals surface area contributed by atoms with Crippen molar-refractivity contribution in [1.29, 1.82) is 0 Å². The maximum atomic E-state index is 5.49. The zero-order chi connectivity index (χ0) is 12.4. The molecule has 0 amide bonds. The summed E-state index contributed by atoms with van der Waals surface area (Å²) in [7, 11) is 0. The standard InChI is InChI=1S/C16H21NO/c1-2-9-17-15-6-4-3-5-14(15)12-16(17)13-7-10-18-11-8-13/h3-6,12-13H,2,7-11H2,1H3. The summed E-state index contributed by atoms with van der Waals surface area (Å²) in [6.07, 6.45) is 3.52. The highest BCUT2D eigenvalue weighted by molar-refractivity contribution is 5.81. The second-order valence-corrected chi connectivity index (χ2v) is 5.17. The lowest BCUT2D eigenvalue weighted by atomic mass is 9.96. The van der Waals surface area contributed by atoms with E-state index in [-0.39, 0.29) is 0 Å². The third kappa shape index (κ3) is 2.05. The van der Waals surface area contributed by atoms with Crippen LogP contribution in [0.25, 0.3) is 10.9 Å². The molecule has 1 aromatic carbocycles. The molecule has 0 atom stereocenters. The minimum absolute atomic E-state index is 0.678. The summed E-state index contributed by atoms with van der Waals surface area (Å²) in [6, 6.07) is 11.1. The number of benzene rings is 1. The van der Waals surface area contributed by atoms with Crippen molar-refractivity contribution in [2.24, 2.45) is 0 Å². The van der Waals surface area contributed by atoms with Gasteiger partial charge in [0, 0.05) is 36.9 Å². The predicted octanol–water partition coefficient (Wildman–Crippen LogP) is 3.95. The van der Waals surface area contributed by atoms with Gasteiger partial charge in [-0.15, -0.1) is 0 Å². The van der Waals surface area contributed by atoms with E-state index in [2.05, 4.69) is 41.8 Å². The van der Waals surface area contributed by atoms with Gasteiger partial charge in [0.15, 0.2) is 0 Å². The van der Waals surface area contributed by atoms with Crippen LogP contribution in [0.3, 0.4) is 0 Å². The largest absolute Gasteiger partial charge is 0.381 e. The molecule has 1 aliphatic heterocycles. The summed E-state index contributed by atoms with van der Waals surface area (Å²) in [4.78, 5) is 0. The Balaban J connectivity index is 2.05. The van der Waals surface area contributed by atoms with E-state index < -0.39 is 0 Å². The summed E-state index contributed by atoms with van der Waals surface area (Å²) in [6.45, 7) is 5.21. The molecule has 96 valence electrons. The molecule has 0 saturated carbocycles. The number of hydrogen-bond acceptors (Lipinski definition) is 1. The summed E-state index contributed by atoms with van der Waals surface area (Å²) in [5, 5.41) is 1.38. The number of nitrogens with zero attached hydrogens (tertiary/aromatic N) is 1. The molecule has 0 radical (unpaired) electrons. The second kappa shape index (κ2) is 5.15. The predicted molar refractivity (Wildman–Crippen MR) is 75.0 cm³/mol. The fraction of sp³-hybridized carbons (Fsp3) is 0.500. The van der Waals surface area contributed by atoms with Gasteiger partial charge in [-0.05, 0) is 36.8 Å². The van der Waals surface area contributed by atoms with E-state index in [0.717, 1.165) is 19.8 Å². The maximum absolute atomic E-state index is 5.49. The van der Waals surface area contributed by atoms with Crippen molar-refractivity contribution in [2.75, 3.05) is 13.2 Å². The molecule has 3 rings (SSSR count). The summed E-state index contributed by atoms with van der Waals surface area (Å²) in [5.74, 6) is 0.678. The Morgan fingerprint density at radius 2 is 2.00 bits per heavy atom. The molecule has 2 aromatic rings. The molecule has 0 aliphatic carbocycles. The van der Waals surface area contributed by atoms with Crippen LogP contribution < -0.4 is 0 Å². The Hall–Kier alpha value is -1.28. The van der Waals surface area contributed by atoms with E-state index in [1.54, 1.807) is 0 Å². The first kappa shape index (κ1) is 11.8. The molecule has 1 fully saturated rings. The molecule has 2 heterocycles. The van der Waals surface area contributed by atoms with Crippen LogP contribution in [0.4, 0.5) is 0 Å². The maximum Gasteiger partial charge on any atom is 0.0482 e. The van der Waals surface area contributed by atoms with E-state index in [0.29, 0.717) is 5.92 Å². The fourth-order valence-electron chi connectivity index (χ4n) is 3.04. The van der Waals surface area contributed by atoms with Crippen LogP contribution >= 0.6 is 0 Å². The number of rotatable bonds is 3. The highest BCUT2D eigenvalue weighted by Crippen LogP contribution is 2.32. The zero-order valence-corrected chi connectivity index (χ0v) is 11.1.